The molecule has 0 saturated heterocycles. The molecular weight excluding hydrogens is 356 g/mol. The lowest BCUT2D eigenvalue weighted by Crippen LogP contribution is -2.35. The lowest BCUT2D eigenvalue weighted by molar-refractivity contribution is 0.0953. The molecule has 0 fully saturated rings. The van der Waals surface area contributed by atoms with Crippen molar-refractivity contribution in [1.82, 2.24) is 24.3 Å². The third kappa shape index (κ3) is 2.94. The van der Waals surface area contributed by atoms with Crippen LogP contribution in [0.2, 0.25) is 0 Å². The predicted octanol–water partition coefficient (Wildman–Crippen LogP) is 1.32. The summed E-state index contributed by atoms with van der Waals surface area (Å²) >= 11 is 0. The van der Waals surface area contributed by atoms with Gasteiger partial charge in [-0.25, -0.2) is 4.98 Å². The van der Waals surface area contributed by atoms with Crippen molar-refractivity contribution < 1.29 is 4.79 Å². The van der Waals surface area contributed by atoms with Crippen LogP contribution in [-0.2, 0) is 6.54 Å². The van der Waals surface area contributed by atoms with Gasteiger partial charge in [0.1, 0.15) is 16.8 Å². The van der Waals surface area contributed by atoms with Gasteiger partial charge in [0.05, 0.1) is 17.5 Å². The number of amides is 1. The highest BCUT2D eigenvalue weighted by molar-refractivity contribution is 5.96. The van der Waals surface area contributed by atoms with E-state index in [9.17, 15) is 9.59 Å². The number of rotatable bonds is 4. The summed E-state index contributed by atoms with van der Waals surface area (Å²) in [6.07, 6.45) is 4.96. The number of carbonyl (C=O) groups excluding carboxylic acids is 1. The van der Waals surface area contributed by atoms with E-state index in [1.807, 2.05) is 12.1 Å². The van der Waals surface area contributed by atoms with Crippen LogP contribution >= 0.6 is 0 Å². The Kier molecular flexibility index (Phi) is 4.44. The molecule has 4 aromatic rings. The summed E-state index contributed by atoms with van der Waals surface area (Å²) in [5, 5.41) is 11.6. The predicted molar refractivity (Wildman–Crippen MR) is 104 cm³/mol. The highest BCUT2D eigenvalue weighted by Gasteiger charge is 2.17. The first kappa shape index (κ1) is 17.6. The van der Waals surface area contributed by atoms with Crippen LogP contribution in [0.25, 0.3) is 16.7 Å². The van der Waals surface area contributed by atoms with Crippen molar-refractivity contribution in [3.63, 3.8) is 0 Å². The third-order valence-corrected chi connectivity index (χ3v) is 4.49. The molecule has 4 rings (SSSR count). The average Bonchev–Trinajstić information content (AvgIpc) is 2.71. The summed E-state index contributed by atoms with van der Waals surface area (Å²) in [4.78, 5) is 34.2. The number of nitrogens with zero attached hydrogens (tertiary/aromatic N) is 4. The van der Waals surface area contributed by atoms with Gasteiger partial charge in [-0.1, -0.05) is 6.07 Å². The van der Waals surface area contributed by atoms with Gasteiger partial charge in [0.25, 0.3) is 11.5 Å². The van der Waals surface area contributed by atoms with Crippen LogP contribution in [-0.4, -0.2) is 31.4 Å². The van der Waals surface area contributed by atoms with Crippen LogP contribution < -0.4 is 16.4 Å². The van der Waals surface area contributed by atoms with Crippen LogP contribution in [0.15, 0.2) is 59.8 Å². The van der Waals surface area contributed by atoms with Crippen LogP contribution in [0.4, 0.5) is 0 Å². The van der Waals surface area contributed by atoms with Gasteiger partial charge < -0.3 is 9.88 Å². The summed E-state index contributed by atoms with van der Waals surface area (Å²) in [6.45, 7) is 2.52. The molecule has 8 heteroatoms. The van der Waals surface area contributed by atoms with Gasteiger partial charge in [-0.2, -0.15) is 0 Å². The van der Waals surface area contributed by atoms with Gasteiger partial charge in [-0.15, -0.1) is 0 Å². The quantitative estimate of drug-likeness (QED) is 0.526. The molecular formula is C20H18N6O2. The fourth-order valence-corrected chi connectivity index (χ4v) is 3.14. The zero-order valence-corrected chi connectivity index (χ0v) is 15.2. The minimum absolute atomic E-state index is 0.00226. The first-order valence-corrected chi connectivity index (χ1v) is 8.86. The average molecular weight is 374 g/mol. The number of hydrogen-bond acceptors (Lipinski definition) is 5. The van der Waals surface area contributed by atoms with Gasteiger partial charge in [0, 0.05) is 25.1 Å². The Balaban J connectivity index is 2.08. The molecule has 4 aromatic heterocycles. The van der Waals surface area contributed by atoms with Crippen molar-refractivity contribution in [2.75, 3.05) is 6.54 Å². The molecule has 0 bridgehead atoms. The zero-order chi connectivity index (χ0) is 19.7. The second kappa shape index (κ2) is 7.07. The summed E-state index contributed by atoms with van der Waals surface area (Å²) in [5.74, 6) is -0.393. The van der Waals surface area contributed by atoms with Crippen LogP contribution in [0, 0.1) is 5.41 Å². The van der Waals surface area contributed by atoms with E-state index in [2.05, 4.69) is 15.3 Å². The number of pyridine rings is 3. The molecule has 0 unspecified atom stereocenters. The first-order valence-electron chi connectivity index (χ1n) is 8.86. The lowest BCUT2D eigenvalue weighted by atomic mass is 10.1. The summed E-state index contributed by atoms with van der Waals surface area (Å²) in [6, 6.07) is 10.4. The standard InChI is InChI=1S/C20H18N6O2/c1-2-23-19(27)14-11-15-18(24-16-5-3-4-10-25(16)20(15)28)26(17(14)21)12-13-6-8-22-9-7-13/h3-11,21H,2,12H2,1H3,(H,23,27). The van der Waals surface area contributed by atoms with Gasteiger partial charge >= 0.3 is 0 Å². The Hall–Kier alpha value is -3.81. The molecule has 8 nitrogen and oxygen atoms in total. The molecule has 0 saturated carbocycles. The van der Waals surface area contributed by atoms with Crippen molar-refractivity contribution in [3.05, 3.63) is 82.0 Å². The largest absolute Gasteiger partial charge is 0.352 e. The van der Waals surface area contributed by atoms with Crippen LogP contribution in [0.5, 0.6) is 0 Å². The second-order valence-corrected chi connectivity index (χ2v) is 6.29. The number of hydrogen-bond donors (Lipinski definition) is 2. The molecule has 0 atom stereocenters. The smallest absolute Gasteiger partial charge is 0.267 e. The van der Waals surface area contributed by atoms with Crippen LogP contribution in [0.1, 0.15) is 22.8 Å². The maximum Gasteiger partial charge on any atom is 0.267 e. The highest BCUT2D eigenvalue weighted by atomic mass is 16.1. The maximum atomic E-state index is 13.0. The SMILES string of the molecule is CCNC(=O)c1cc2c(=O)n3ccccc3nc2n(Cc2ccncc2)c1=N. The molecule has 0 aromatic carbocycles. The highest BCUT2D eigenvalue weighted by Crippen LogP contribution is 2.12. The van der Waals surface area contributed by atoms with E-state index in [4.69, 9.17) is 5.41 Å². The van der Waals surface area contributed by atoms with Gasteiger partial charge in [-0.05, 0) is 42.8 Å². The van der Waals surface area contributed by atoms with Crippen molar-refractivity contribution in [1.29, 1.82) is 5.41 Å². The molecule has 2 N–H and O–H groups in total. The summed E-state index contributed by atoms with van der Waals surface area (Å²) < 4.78 is 3.02. The Labute approximate surface area is 159 Å². The minimum atomic E-state index is -0.393. The van der Waals surface area contributed by atoms with Crippen LogP contribution in [0.3, 0.4) is 0 Å². The normalized spacial score (nSPS) is 11.0. The van der Waals surface area contributed by atoms with Gasteiger partial charge in [0.15, 0.2) is 0 Å². The van der Waals surface area contributed by atoms with Crippen molar-refractivity contribution in [3.8, 4) is 0 Å². The van der Waals surface area contributed by atoms with E-state index in [1.165, 1.54) is 10.5 Å². The molecule has 0 aliphatic heterocycles. The van der Waals surface area contributed by atoms with E-state index in [0.29, 0.717) is 24.4 Å². The van der Waals surface area contributed by atoms with E-state index in [-0.39, 0.29) is 22.0 Å². The van der Waals surface area contributed by atoms with E-state index in [1.54, 1.807) is 48.3 Å². The Morgan fingerprint density at radius 1 is 1.21 bits per heavy atom. The van der Waals surface area contributed by atoms with E-state index >= 15 is 0 Å². The molecule has 0 radical (unpaired) electrons. The fourth-order valence-electron chi connectivity index (χ4n) is 3.14. The number of aromatic nitrogens is 4. The van der Waals surface area contributed by atoms with Gasteiger partial charge in [-0.3, -0.25) is 24.4 Å². The molecule has 4 heterocycles. The van der Waals surface area contributed by atoms with E-state index < -0.39 is 5.91 Å². The van der Waals surface area contributed by atoms with Crippen molar-refractivity contribution in [2.24, 2.45) is 0 Å². The van der Waals surface area contributed by atoms with Crippen molar-refractivity contribution in [2.45, 2.75) is 13.5 Å². The number of carbonyl (C=O) groups is 1. The van der Waals surface area contributed by atoms with E-state index in [0.717, 1.165) is 5.56 Å². The number of fused-ring (bicyclic) bond motifs is 2. The minimum Gasteiger partial charge on any atom is -0.352 e. The lowest BCUT2D eigenvalue weighted by Gasteiger charge is -2.14. The zero-order valence-electron chi connectivity index (χ0n) is 15.2. The third-order valence-electron chi connectivity index (χ3n) is 4.49. The summed E-state index contributed by atoms with van der Waals surface area (Å²) in [5.41, 5.74) is 1.59. The maximum absolute atomic E-state index is 13.0. The molecule has 1 amide bonds. The Bertz CT molecular complexity index is 1310. The summed E-state index contributed by atoms with van der Waals surface area (Å²) in [7, 11) is 0. The molecule has 0 aliphatic rings. The first-order chi connectivity index (χ1) is 13.6. The Morgan fingerprint density at radius 2 is 2.00 bits per heavy atom. The fraction of sp³-hybridized carbons (Fsp3) is 0.150. The Morgan fingerprint density at radius 3 is 2.75 bits per heavy atom. The molecule has 140 valence electrons. The molecule has 0 aliphatic carbocycles. The molecule has 28 heavy (non-hydrogen) atoms. The second-order valence-electron chi connectivity index (χ2n) is 6.29. The monoisotopic (exact) mass is 374 g/mol. The topological polar surface area (TPSA) is 105 Å². The number of nitrogens with one attached hydrogen (secondary N) is 2. The molecule has 0 spiro atoms. The van der Waals surface area contributed by atoms with Gasteiger partial charge in [0.2, 0.25) is 0 Å². The van der Waals surface area contributed by atoms with Crippen molar-refractivity contribution >= 4 is 22.6 Å².